The average molecular weight is 399 g/mol. The van der Waals surface area contributed by atoms with Gasteiger partial charge in [-0.15, -0.1) is 0 Å². The van der Waals surface area contributed by atoms with Gasteiger partial charge in [0.05, 0.1) is 10.5 Å². The van der Waals surface area contributed by atoms with Crippen LogP contribution in [0.4, 0.5) is 4.39 Å². The highest BCUT2D eigenvalue weighted by atomic mass is 79.9. The summed E-state index contributed by atoms with van der Waals surface area (Å²) in [5.41, 5.74) is -0.279. The number of nitrogens with zero attached hydrogens (tertiary/aromatic N) is 1. The van der Waals surface area contributed by atoms with Gasteiger partial charge < -0.3 is 4.90 Å². The molecule has 1 heterocycles. The van der Waals surface area contributed by atoms with Gasteiger partial charge in [-0.25, -0.2) is 12.8 Å². The number of likely N-dealkylation sites (tertiary alicyclic amines) is 1. The van der Waals surface area contributed by atoms with Gasteiger partial charge in [-0.2, -0.15) is 0 Å². The van der Waals surface area contributed by atoms with E-state index in [2.05, 4.69) is 15.9 Å². The first kappa shape index (κ1) is 16.7. The minimum Gasteiger partial charge on any atom is -0.336 e. The third-order valence-corrected chi connectivity index (χ3v) is 5.84. The second kappa shape index (κ2) is 5.85. The fourth-order valence-corrected chi connectivity index (χ4v) is 4.79. The SMILES string of the molecule is CC1CC(C)N(C(=O)c2cc(S(=O)(=O)Cl)c(Br)cc2F)C1. The van der Waals surface area contributed by atoms with Crippen molar-refractivity contribution in [3.05, 3.63) is 28.0 Å². The molecule has 1 saturated heterocycles. The molecule has 0 spiro atoms. The number of benzene rings is 1. The molecule has 2 atom stereocenters. The van der Waals surface area contributed by atoms with Crippen molar-refractivity contribution in [3.8, 4) is 0 Å². The van der Waals surface area contributed by atoms with Crippen LogP contribution in [0.25, 0.3) is 0 Å². The number of hydrogen-bond acceptors (Lipinski definition) is 3. The van der Waals surface area contributed by atoms with Crippen LogP contribution in [0.3, 0.4) is 0 Å². The van der Waals surface area contributed by atoms with E-state index in [1.54, 1.807) is 4.90 Å². The predicted octanol–water partition coefficient (Wildman–Crippen LogP) is 3.39. The first-order valence-electron chi connectivity index (χ1n) is 6.36. The quantitative estimate of drug-likeness (QED) is 0.718. The minimum absolute atomic E-state index is 0.00520. The Bertz CT molecular complexity index is 695. The lowest BCUT2D eigenvalue weighted by atomic mass is 10.1. The van der Waals surface area contributed by atoms with E-state index in [4.69, 9.17) is 10.7 Å². The minimum atomic E-state index is -4.07. The van der Waals surface area contributed by atoms with E-state index in [0.717, 1.165) is 18.6 Å². The summed E-state index contributed by atoms with van der Waals surface area (Å²) in [6.45, 7) is 4.42. The Morgan fingerprint density at radius 3 is 2.52 bits per heavy atom. The van der Waals surface area contributed by atoms with Gasteiger partial charge in [0.25, 0.3) is 15.0 Å². The zero-order valence-corrected chi connectivity index (χ0v) is 14.6. The molecule has 2 unspecified atom stereocenters. The van der Waals surface area contributed by atoms with Gasteiger partial charge in [-0.05, 0) is 47.3 Å². The summed E-state index contributed by atoms with van der Waals surface area (Å²) in [7, 11) is 1.23. The second-order valence-electron chi connectivity index (χ2n) is 5.35. The van der Waals surface area contributed by atoms with Crippen molar-refractivity contribution in [2.24, 2.45) is 5.92 Å². The molecule has 1 aromatic carbocycles. The smallest absolute Gasteiger partial charge is 0.262 e. The van der Waals surface area contributed by atoms with E-state index >= 15 is 0 Å². The zero-order chi connectivity index (χ0) is 15.9. The molecular weight excluding hydrogens is 385 g/mol. The van der Waals surface area contributed by atoms with Crippen molar-refractivity contribution in [1.29, 1.82) is 0 Å². The van der Waals surface area contributed by atoms with Gasteiger partial charge in [0.2, 0.25) is 0 Å². The summed E-state index contributed by atoms with van der Waals surface area (Å²) in [6, 6.07) is 1.93. The Hall–Kier alpha value is -0.660. The van der Waals surface area contributed by atoms with Crippen LogP contribution in [0.5, 0.6) is 0 Å². The number of rotatable bonds is 2. The Balaban J connectivity index is 2.47. The molecule has 1 aliphatic rings. The lowest BCUT2D eigenvalue weighted by Crippen LogP contribution is -2.34. The maximum atomic E-state index is 14.0. The van der Waals surface area contributed by atoms with Gasteiger partial charge in [-0.3, -0.25) is 4.79 Å². The fraction of sp³-hybridized carbons (Fsp3) is 0.462. The summed E-state index contributed by atoms with van der Waals surface area (Å²) in [5, 5.41) is 0. The number of hydrogen-bond donors (Lipinski definition) is 0. The average Bonchev–Trinajstić information content (AvgIpc) is 2.66. The largest absolute Gasteiger partial charge is 0.336 e. The van der Waals surface area contributed by atoms with Gasteiger partial charge in [0.1, 0.15) is 5.82 Å². The summed E-state index contributed by atoms with van der Waals surface area (Å²) in [4.78, 5) is 13.7. The van der Waals surface area contributed by atoms with E-state index in [-0.39, 0.29) is 21.0 Å². The molecule has 0 radical (unpaired) electrons. The third kappa shape index (κ3) is 3.40. The van der Waals surface area contributed by atoms with Gasteiger partial charge in [0, 0.05) is 27.7 Å². The van der Waals surface area contributed by atoms with Crippen molar-refractivity contribution in [1.82, 2.24) is 4.90 Å². The molecule has 1 aromatic rings. The molecule has 0 N–H and O–H groups in total. The number of carbonyl (C=O) groups excluding carboxylic acids is 1. The van der Waals surface area contributed by atoms with Crippen molar-refractivity contribution in [2.45, 2.75) is 31.2 Å². The van der Waals surface area contributed by atoms with E-state index in [1.807, 2.05) is 13.8 Å². The number of carbonyl (C=O) groups is 1. The van der Waals surface area contributed by atoms with Crippen LogP contribution in [0.15, 0.2) is 21.5 Å². The highest BCUT2D eigenvalue weighted by Gasteiger charge is 2.32. The Labute approximate surface area is 135 Å². The first-order valence-corrected chi connectivity index (χ1v) is 9.46. The molecule has 1 amide bonds. The summed E-state index contributed by atoms with van der Waals surface area (Å²) in [6.07, 6.45) is 0.838. The molecule has 0 saturated carbocycles. The maximum absolute atomic E-state index is 14.0. The monoisotopic (exact) mass is 397 g/mol. The van der Waals surface area contributed by atoms with E-state index in [0.29, 0.717) is 12.5 Å². The Morgan fingerprint density at radius 2 is 2.05 bits per heavy atom. The van der Waals surface area contributed by atoms with Crippen LogP contribution in [0, 0.1) is 11.7 Å². The lowest BCUT2D eigenvalue weighted by molar-refractivity contribution is 0.0738. The van der Waals surface area contributed by atoms with Crippen LogP contribution >= 0.6 is 26.6 Å². The van der Waals surface area contributed by atoms with E-state index in [9.17, 15) is 17.6 Å². The van der Waals surface area contributed by atoms with Crippen molar-refractivity contribution in [2.75, 3.05) is 6.54 Å². The molecule has 8 heteroatoms. The lowest BCUT2D eigenvalue weighted by Gasteiger charge is -2.22. The Morgan fingerprint density at radius 1 is 1.43 bits per heavy atom. The van der Waals surface area contributed by atoms with Crippen molar-refractivity contribution < 1.29 is 17.6 Å². The van der Waals surface area contributed by atoms with Crippen molar-refractivity contribution in [3.63, 3.8) is 0 Å². The molecule has 0 aromatic heterocycles. The summed E-state index contributed by atoms with van der Waals surface area (Å²) in [5.74, 6) is -0.959. The van der Waals surface area contributed by atoms with Crippen LogP contribution in [0.2, 0.25) is 0 Å². The molecule has 1 aliphatic heterocycles. The van der Waals surface area contributed by atoms with Crippen LogP contribution in [-0.2, 0) is 9.05 Å². The summed E-state index contributed by atoms with van der Waals surface area (Å²) < 4.78 is 37.0. The third-order valence-electron chi connectivity index (χ3n) is 3.56. The van der Waals surface area contributed by atoms with Crippen LogP contribution < -0.4 is 0 Å². The van der Waals surface area contributed by atoms with Gasteiger partial charge in [-0.1, -0.05) is 6.92 Å². The molecule has 0 bridgehead atoms. The highest BCUT2D eigenvalue weighted by Crippen LogP contribution is 2.30. The highest BCUT2D eigenvalue weighted by molar-refractivity contribution is 9.10. The van der Waals surface area contributed by atoms with E-state index < -0.39 is 20.8 Å². The fourth-order valence-electron chi connectivity index (χ4n) is 2.62. The normalized spacial score (nSPS) is 22.6. The molecule has 0 aliphatic carbocycles. The van der Waals surface area contributed by atoms with Crippen molar-refractivity contribution >= 4 is 41.6 Å². The van der Waals surface area contributed by atoms with E-state index in [1.165, 1.54) is 0 Å². The van der Waals surface area contributed by atoms with Gasteiger partial charge >= 0.3 is 0 Å². The number of amides is 1. The zero-order valence-electron chi connectivity index (χ0n) is 11.4. The molecule has 4 nitrogen and oxygen atoms in total. The molecule has 2 rings (SSSR count). The molecule has 21 heavy (non-hydrogen) atoms. The van der Waals surface area contributed by atoms with Crippen LogP contribution in [0.1, 0.15) is 30.6 Å². The first-order chi connectivity index (χ1) is 9.61. The second-order valence-corrected chi connectivity index (χ2v) is 8.74. The standard InChI is InChI=1S/C13H14BrClFNO3S/c1-7-3-8(2)17(6-7)13(18)9-4-12(21(15,19)20)10(14)5-11(9)16/h4-5,7-8H,3,6H2,1-2H3. The summed E-state index contributed by atoms with van der Waals surface area (Å²) >= 11 is 2.94. The molecular formula is C13H14BrClFNO3S. The molecule has 116 valence electrons. The predicted molar refractivity (Wildman–Crippen MR) is 81.4 cm³/mol. The van der Waals surface area contributed by atoms with Gasteiger partial charge in [0.15, 0.2) is 0 Å². The maximum Gasteiger partial charge on any atom is 0.262 e. The van der Waals surface area contributed by atoms with Crippen LogP contribution in [-0.4, -0.2) is 31.8 Å². The topological polar surface area (TPSA) is 54.5 Å². The number of halogens is 3. The molecule has 1 fully saturated rings. The Kier molecular flexibility index (Phi) is 4.66.